The zero-order chi connectivity index (χ0) is 23.0. The zero-order valence-corrected chi connectivity index (χ0v) is 19.1. The molecule has 0 radical (unpaired) electrons. The molecular weight excluding hydrogens is 424 g/mol. The molecule has 1 aliphatic heterocycles. The van der Waals surface area contributed by atoms with Gasteiger partial charge >= 0.3 is 0 Å². The van der Waals surface area contributed by atoms with E-state index in [0.717, 1.165) is 18.8 Å². The molecule has 1 aliphatic rings. The Bertz CT molecular complexity index is 1060. The maximum absolute atomic E-state index is 12.7. The molecule has 8 heteroatoms. The summed E-state index contributed by atoms with van der Waals surface area (Å²) in [5.41, 5.74) is 1.86. The fourth-order valence-electron chi connectivity index (χ4n) is 3.92. The molecule has 176 valence electrons. The molecule has 4 rings (SSSR count). The third-order valence-corrected chi connectivity index (χ3v) is 5.54. The molecule has 1 N–H and O–H groups in total. The Labute approximate surface area is 193 Å². The summed E-state index contributed by atoms with van der Waals surface area (Å²) in [7, 11) is 1.54. The lowest BCUT2D eigenvalue weighted by Crippen LogP contribution is -2.38. The molecule has 0 saturated carbocycles. The molecular formula is C25H30N2O6. The van der Waals surface area contributed by atoms with Crippen molar-refractivity contribution in [3.05, 3.63) is 48.2 Å². The van der Waals surface area contributed by atoms with Crippen LogP contribution in [0, 0.1) is 0 Å². The predicted molar refractivity (Wildman–Crippen MR) is 126 cm³/mol. The van der Waals surface area contributed by atoms with Crippen LogP contribution in [-0.4, -0.2) is 70.4 Å². The first-order valence-corrected chi connectivity index (χ1v) is 11.2. The highest BCUT2D eigenvalue weighted by Gasteiger charge is 2.27. The van der Waals surface area contributed by atoms with Crippen LogP contribution in [0.4, 0.5) is 5.69 Å². The lowest BCUT2D eigenvalue weighted by Gasteiger charge is -2.27. The molecule has 0 spiro atoms. The van der Waals surface area contributed by atoms with Crippen molar-refractivity contribution in [3.63, 3.8) is 0 Å². The number of morpholine rings is 1. The summed E-state index contributed by atoms with van der Waals surface area (Å²) in [5, 5.41) is 3.99. The number of carbonyl (C=O) groups excluding carboxylic acids is 1. The van der Waals surface area contributed by atoms with Crippen molar-refractivity contribution in [1.82, 2.24) is 4.90 Å². The highest BCUT2D eigenvalue weighted by Crippen LogP contribution is 2.46. The van der Waals surface area contributed by atoms with E-state index < -0.39 is 0 Å². The number of rotatable bonds is 11. The van der Waals surface area contributed by atoms with Gasteiger partial charge in [-0.25, -0.2) is 0 Å². The lowest BCUT2D eigenvalue weighted by atomic mass is 10.0. The van der Waals surface area contributed by atoms with Gasteiger partial charge < -0.3 is 28.7 Å². The minimum Gasteiger partial charge on any atom is -0.495 e. The number of methoxy groups -OCH3 is 1. The van der Waals surface area contributed by atoms with Crippen molar-refractivity contribution in [2.24, 2.45) is 0 Å². The summed E-state index contributed by atoms with van der Waals surface area (Å²) in [4.78, 5) is 14.9. The highest BCUT2D eigenvalue weighted by atomic mass is 16.5. The van der Waals surface area contributed by atoms with Crippen LogP contribution >= 0.6 is 0 Å². The Hall–Kier alpha value is -3.23. The van der Waals surface area contributed by atoms with E-state index in [1.165, 1.54) is 14.0 Å². The molecule has 0 unspecified atom stereocenters. The Morgan fingerprint density at radius 3 is 2.52 bits per heavy atom. The van der Waals surface area contributed by atoms with Gasteiger partial charge in [0, 0.05) is 31.9 Å². The van der Waals surface area contributed by atoms with E-state index in [9.17, 15) is 4.79 Å². The van der Waals surface area contributed by atoms with Gasteiger partial charge in [0.2, 0.25) is 5.75 Å². The highest BCUT2D eigenvalue weighted by molar-refractivity contribution is 6.08. The Morgan fingerprint density at radius 1 is 1.03 bits per heavy atom. The fourth-order valence-corrected chi connectivity index (χ4v) is 3.92. The fraction of sp³-hybridized carbons (Fsp3) is 0.400. The van der Waals surface area contributed by atoms with E-state index in [1.54, 1.807) is 12.3 Å². The maximum Gasteiger partial charge on any atom is 0.205 e. The summed E-state index contributed by atoms with van der Waals surface area (Å²) in [6.45, 7) is 6.69. The number of para-hydroxylation sites is 1. The lowest BCUT2D eigenvalue weighted by molar-refractivity contribution is 0.0320. The summed E-state index contributed by atoms with van der Waals surface area (Å²) in [6, 6.07) is 11.7. The molecule has 3 aromatic rings. The van der Waals surface area contributed by atoms with Gasteiger partial charge in [-0.3, -0.25) is 9.69 Å². The summed E-state index contributed by atoms with van der Waals surface area (Å²) >= 11 is 0. The Balaban J connectivity index is 1.57. The molecule has 2 heterocycles. The van der Waals surface area contributed by atoms with Crippen LogP contribution < -0.4 is 19.5 Å². The summed E-state index contributed by atoms with van der Waals surface area (Å²) in [6.07, 6.45) is 1.56. The van der Waals surface area contributed by atoms with Crippen LogP contribution in [0.2, 0.25) is 0 Å². The van der Waals surface area contributed by atoms with Crippen molar-refractivity contribution in [2.45, 2.75) is 6.92 Å². The summed E-state index contributed by atoms with van der Waals surface area (Å²) in [5.74, 6) is 1.04. The topological polar surface area (TPSA) is 82.4 Å². The first-order valence-electron chi connectivity index (χ1n) is 11.2. The van der Waals surface area contributed by atoms with Crippen LogP contribution in [0.1, 0.15) is 17.3 Å². The minimum atomic E-state index is -0.163. The number of hydrogen-bond acceptors (Lipinski definition) is 8. The Kier molecular flexibility index (Phi) is 7.70. The summed E-state index contributed by atoms with van der Waals surface area (Å²) < 4.78 is 29.1. The molecule has 0 amide bonds. The average Bonchev–Trinajstić information content (AvgIpc) is 3.33. The molecule has 8 nitrogen and oxygen atoms in total. The number of nitrogens with zero attached hydrogens (tertiary/aromatic N) is 1. The monoisotopic (exact) mass is 454 g/mol. The number of Topliss-reactive ketones (excluding diaryl/α,β-unsaturated/α-hetero) is 1. The van der Waals surface area contributed by atoms with E-state index in [0.29, 0.717) is 73.3 Å². The largest absolute Gasteiger partial charge is 0.495 e. The first kappa shape index (κ1) is 22.9. The predicted octanol–water partition coefficient (Wildman–Crippen LogP) is 3.85. The van der Waals surface area contributed by atoms with Gasteiger partial charge in [-0.1, -0.05) is 18.2 Å². The van der Waals surface area contributed by atoms with E-state index in [4.69, 9.17) is 23.4 Å². The molecule has 0 atom stereocenters. The van der Waals surface area contributed by atoms with E-state index in [-0.39, 0.29) is 5.78 Å². The molecule has 1 fully saturated rings. The quantitative estimate of drug-likeness (QED) is 0.346. The smallest absolute Gasteiger partial charge is 0.205 e. The third kappa shape index (κ3) is 5.40. The third-order valence-electron chi connectivity index (χ3n) is 5.54. The van der Waals surface area contributed by atoms with Gasteiger partial charge in [-0.15, -0.1) is 0 Å². The molecule has 2 aromatic carbocycles. The number of fused-ring (bicyclic) bond motifs is 1. The van der Waals surface area contributed by atoms with E-state index >= 15 is 0 Å². The van der Waals surface area contributed by atoms with Gasteiger partial charge in [0.15, 0.2) is 17.1 Å². The van der Waals surface area contributed by atoms with Gasteiger partial charge in [0.1, 0.15) is 24.5 Å². The van der Waals surface area contributed by atoms with Gasteiger partial charge in [-0.05, 0) is 25.1 Å². The van der Waals surface area contributed by atoms with Crippen LogP contribution in [0.25, 0.3) is 11.0 Å². The first-order chi connectivity index (χ1) is 16.2. The number of carbonyl (C=O) groups is 1. The molecule has 0 aliphatic carbocycles. The average molecular weight is 455 g/mol. The molecule has 1 saturated heterocycles. The number of ether oxygens (including phenoxy) is 4. The molecule has 1 aromatic heterocycles. The van der Waals surface area contributed by atoms with Crippen LogP contribution in [0.5, 0.6) is 17.2 Å². The standard InChI is InChI=1S/C25H30N2O6/c1-18(28)21-22(29-2)20-8-13-31-23(20)25(32-14-9-26-19-6-4-3-5-7-19)24(21)33-17-12-27-10-15-30-16-11-27/h3-8,13,26H,9-12,14-17H2,1-2H3. The van der Waals surface area contributed by atoms with Crippen molar-refractivity contribution in [2.75, 3.05) is 65.0 Å². The van der Waals surface area contributed by atoms with E-state index in [2.05, 4.69) is 10.2 Å². The molecule has 33 heavy (non-hydrogen) atoms. The Morgan fingerprint density at radius 2 is 1.79 bits per heavy atom. The van der Waals surface area contributed by atoms with Crippen LogP contribution in [0.3, 0.4) is 0 Å². The number of benzene rings is 2. The minimum absolute atomic E-state index is 0.163. The van der Waals surface area contributed by atoms with Crippen molar-refractivity contribution < 1.29 is 28.2 Å². The number of nitrogens with one attached hydrogen (secondary N) is 1. The van der Waals surface area contributed by atoms with Gasteiger partial charge in [0.05, 0.1) is 32.0 Å². The second-order valence-electron chi connectivity index (χ2n) is 7.73. The SMILES string of the molecule is COc1c(C(C)=O)c(OCCN2CCOCC2)c(OCCNc2ccccc2)c2occc12. The van der Waals surface area contributed by atoms with Crippen LogP contribution in [0.15, 0.2) is 47.1 Å². The normalized spacial score (nSPS) is 14.2. The van der Waals surface area contributed by atoms with Gasteiger partial charge in [0.25, 0.3) is 0 Å². The number of hydrogen-bond donors (Lipinski definition) is 1. The molecule has 0 bridgehead atoms. The van der Waals surface area contributed by atoms with E-state index in [1.807, 2.05) is 30.3 Å². The zero-order valence-electron chi connectivity index (χ0n) is 19.1. The van der Waals surface area contributed by atoms with Crippen molar-refractivity contribution >= 4 is 22.4 Å². The second kappa shape index (κ2) is 11.1. The maximum atomic E-state index is 12.7. The second-order valence-corrected chi connectivity index (χ2v) is 7.73. The number of anilines is 1. The van der Waals surface area contributed by atoms with Crippen molar-refractivity contribution in [1.29, 1.82) is 0 Å². The van der Waals surface area contributed by atoms with Crippen molar-refractivity contribution in [3.8, 4) is 17.2 Å². The number of furan rings is 1. The van der Waals surface area contributed by atoms with Gasteiger partial charge in [-0.2, -0.15) is 0 Å². The van der Waals surface area contributed by atoms with Crippen LogP contribution in [-0.2, 0) is 4.74 Å². The number of ketones is 1.